The molecule has 0 aliphatic heterocycles. The SMILES string of the molecule is CC(C)(C#N)c1ccc([N+](=O)[O-])c(O)c1. The number of phenols is 1. The van der Waals surface area contributed by atoms with Gasteiger partial charge in [0.25, 0.3) is 0 Å². The first kappa shape index (κ1) is 11.0. The summed E-state index contributed by atoms with van der Waals surface area (Å²) >= 11 is 0. The van der Waals surface area contributed by atoms with Crippen molar-refractivity contribution in [3.8, 4) is 11.8 Å². The van der Waals surface area contributed by atoms with E-state index < -0.39 is 16.1 Å². The van der Waals surface area contributed by atoms with Crippen molar-refractivity contribution in [2.24, 2.45) is 0 Å². The van der Waals surface area contributed by atoms with E-state index in [1.54, 1.807) is 13.8 Å². The summed E-state index contributed by atoms with van der Waals surface area (Å²) in [5.74, 6) is -0.416. The molecule has 0 spiro atoms. The van der Waals surface area contributed by atoms with Crippen LogP contribution < -0.4 is 0 Å². The third-order valence-electron chi connectivity index (χ3n) is 2.17. The molecular weight excluding hydrogens is 196 g/mol. The average Bonchev–Trinajstić information content (AvgIpc) is 2.17. The molecule has 0 heterocycles. The monoisotopic (exact) mass is 206 g/mol. The molecular formula is C10H10N2O3. The van der Waals surface area contributed by atoms with Crippen LogP contribution in [0.5, 0.6) is 5.75 Å². The van der Waals surface area contributed by atoms with Crippen molar-refractivity contribution in [2.75, 3.05) is 0 Å². The van der Waals surface area contributed by atoms with E-state index in [9.17, 15) is 15.2 Å². The van der Waals surface area contributed by atoms with Gasteiger partial charge in [-0.05, 0) is 25.5 Å². The molecule has 1 aromatic carbocycles. The lowest BCUT2D eigenvalue weighted by atomic mass is 9.86. The van der Waals surface area contributed by atoms with Gasteiger partial charge in [-0.1, -0.05) is 6.07 Å². The lowest BCUT2D eigenvalue weighted by molar-refractivity contribution is -0.385. The van der Waals surface area contributed by atoms with Gasteiger partial charge in [-0.15, -0.1) is 0 Å². The van der Waals surface area contributed by atoms with Crippen LogP contribution in [0.15, 0.2) is 18.2 Å². The smallest absolute Gasteiger partial charge is 0.310 e. The van der Waals surface area contributed by atoms with Crippen LogP contribution in [-0.4, -0.2) is 10.0 Å². The van der Waals surface area contributed by atoms with E-state index in [0.29, 0.717) is 5.56 Å². The van der Waals surface area contributed by atoms with Crippen LogP contribution in [0, 0.1) is 21.4 Å². The molecule has 0 aliphatic rings. The van der Waals surface area contributed by atoms with E-state index in [1.807, 2.05) is 0 Å². The van der Waals surface area contributed by atoms with Crippen molar-refractivity contribution < 1.29 is 10.0 Å². The Bertz CT molecular complexity index is 446. The summed E-state index contributed by atoms with van der Waals surface area (Å²) in [5.41, 5.74) is -0.576. The minimum absolute atomic E-state index is 0.354. The molecule has 0 aromatic heterocycles. The highest BCUT2D eigenvalue weighted by molar-refractivity contribution is 5.49. The minimum Gasteiger partial charge on any atom is -0.502 e. The second kappa shape index (κ2) is 3.58. The topological polar surface area (TPSA) is 87.2 Å². The first-order chi connectivity index (χ1) is 6.88. The first-order valence-corrected chi connectivity index (χ1v) is 4.27. The molecule has 1 N–H and O–H groups in total. The van der Waals surface area contributed by atoms with Gasteiger partial charge in [-0.25, -0.2) is 0 Å². The average molecular weight is 206 g/mol. The van der Waals surface area contributed by atoms with Gasteiger partial charge in [0.15, 0.2) is 5.75 Å². The quantitative estimate of drug-likeness (QED) is 0.592. The summed E-state index contributed by atoms with van der Waals surface area (Å²) in [4.78, 5) is 9.76. The van der Waals surface area contributed by atoms with E-state index in [-0.39, 0.29) is 5.69 Å². The summed E-state index contributed by atoms with van der Waals surface area (Å²) in [7, 11) is 0. The molecule has 0 amide bonds. The van der Waals surface area contributed by atoms with Gasteiger partial charge in [-0.3, -0.25) is 10.1 Å². The Morgan fingerprint density at radius 3 is 2.53 bits per heavy atom. The Morgan fingerprint density at radius 2 is 2.13 bits per heavy atom. The summed E-state index contributed by atoms with van der Waals surface area (Å²) < 4.78 is 0. The number of nitrogens with zero attached hydrogens (tertiary/aromatic N) is 2. The van der Waals surface area contributed by atoms with Gasteiger partial charge in [0, 0.05) is 6.07 Å². The number of aromatic hydroxyl groups is 1. The molecule has 0 atom stereocenters. The normalized spacial score (nSPS) is 10.7. The predicted molar refractivity (Wildman–Crippen MR) is 53.4 cm³/mol. The molecule has 0 fully saturated rings. The van der Waals surface area contributed by atoms with Gasteiger partial charge < -0.3 is 5.11 Å². The standard InChI is InChI=1S/C10H10N2O3/c1-10(2,6-11)7-3-4-8(12(14)15)9(13)5-7/h3-5,13H,1-2H3. The van der Waals surface area contributed by atoms with Crippen molar-refractivity contribution >= 4 is 5.69 Å². The molecule has 78 valence electrons. The number of rotatable bonds is 2. The van der Waals surface area contributed by atoms with Crippen LogP contribution in [0.4, 0.5) is 5.69 Å². The summed E-state index contributed by atoms with van der Waals surface area (Å²) in [6.45, 7) is 3.35. The molecule has 0 aliphatic carbocycles. The van der Waals surface area contributed by atoms with Crippen molar-refractivity contribution in [3.05, 3.63) is 33.9 Å². The Morgan fingerprint density at radius 1 is 1.53 bits per heavy atom. The first-order valence-electron chi connectivity index (χ1n) is 4.27. The maximum absolute atomic E-state index is 10.4. The van der Waals surface area contributed by atoms with Crippen LogP contribution in [-0.2, 0) is 5.41 Å². The number of benzene rings is 1. The molecule has 0 unspecified atom stereocenters. The maximum atomic E-state index is 10.4. The van der Waals surface area contributed by atoms with E-state index in [1.165, 1.54) is 18.2 Å². The van der Waals surface area contributed by atoms with E-state index in [4.69, 9.17) is 5.26 Å². The summed E-state index contributed by atoms with van der Waals surface area (Å²) in [6, 6.07) is 5.98. The van der Waals surface area contributed by atoms with Crippen LogP contribution in [0.2, 0.25) is 0 Å². The zero-order chi connectivity index (χ0) is 11.6. The fourth-order valence-electron chi connectivity index (χ4n) is 1.13. The van der Waals surface area contributed by atoms with Gasteiger partial charge in [0.05, 0.1) is 16.4 Å². The number of hydrogen-bond acceptors (Lipinski definition) is 4. The molecule has 1 aromatic rings. The molecule has 0 bridgehead atoms. The third-order valence-corrected chi connectivity index (χ3v) is 2.17. The number of nitriles is 1. The lowest BCUT2D eigenvalue weighted by Crippen LogP contribution is -2.13. The second-order valence-electron chi connectivity index (χ2n) is 3.70. The highest BCUT2D eigenvalue weighted by Gasteiger charge is 2.23. The fraction of sp³-hybridized carbons (Fsp3) is 0.300. The largest absolute Gasteiger partial charge is 0.502 e. The molecule has 5 nitrogen and oxygen atoms in total. The molecule has 0 radical (unpaired) electrons. The van der Waals surface area contributed by atoms with Gasteiger partial charge in [0.2, 0.25) is 0 Å². The van der Waals surface area contributed by atoms with Gasteiger partial charge in [-0.2, -0.15) is 5.26 Å². The van der Waals surface area contributed by atoms with E-state index >= 15 is 0 Å². The number of hydrogen-bond donors (Lipinski definition) is 1. The molecule has 15 heavy (non-hydrogen) atoms. The Balaban J connectivity index is 3.25. The van der Waals surface area contributed by atoms with Crippen LogP contribution in [0.1, 0.15) is 19.4 Å². The van der Waals surface area contributed by atoms with E-state index in [0.717, 1.165) is 0 Å². The van der Waals surface area contributed by atoms with Crippen LogP contribution in [0.3, 0.4) is 0 Å². The Labute approximate surface area is 86.7 Å². The molecule has 0 saturated carbocycles. The highest BCUT2D eigenvalue weighted by Crippen LogP contribution is 2.31. The third kappa shape index (κ3) is 2.05. The minimum atomic E-state index is -0.771. The van der Waals surface area contributed by atoms with Crippen molar-refractivity contribution in [1.29, 1.82) is 5.26 Å². The lowest BCUT2D eigenvalue weighted by Gasteiger charge is -2.15. The Kier molecular flexibility index (Phi) is 2.62. The maximum Gasteiger partial charge on any atom is 0.310 e. The van der Waals surface area contributed by atoms with Crippen molar-refractivity contribution in [1.82, 2.24) is 0 Å². The van der Waals surface area contributed by atoms with Crippen LogP contribution >= 0.6 is 0 Å². The molecule has 1 rings (SSSR count). The number of nitro groups is 1. The fourth-order valence-corrected chi connectivity index (χ4v) is 1.13. The Hall–Kier alpha value is -2.09. The molecule has 5 heteroatoms. The number of nitro benzene ring substituents is 1. The summed E-state index contributed by atoms with van der Waals surface area (Å²) in [5, 5.41) is 28.7. The highest BCUT2D eigenvalue weighted by atomic mass is 16.6. The van der Waals surface area contributed by atoms with E-state index in [2.05, 4.69) is 6.07 Å². The zero-order valence-corrected chi connectivity index (χ0v) is 8.39. The zero-order valence-electron chi connectivity index (χ0n) is 8.39. The van der Waals surface area contributed by atoms with Gasteiger partial charge >= 0.3 is 5.69 Å². The van der Waals surface area contributed by atoms with Gasteiger partial charge in [0.1, 0.15) is 0 Å². The second-order valence-corrected chi connectivity index (χ2v) is 3.70. The van der Waals surface area contributed by atoms with Crippen molar-refractivity contribution in [3.63, 3.8) is 0 Å². The predicted octanol–water partition coefficient (Wildman–Crippen LogP) is 2.10. The van der Waals surface area contributed by atoms with Crippen LogP contribution in [0.25, 0.3) is 0 Å². The number of phenolic OH excluding ortho intramolecular Hbond substituents is 1. The summed E-state index contributed by atoms with van der Waals surface area (Å²) in [6.07, 6.45) is 0. The van der Waals surface area contributed by atoms with Crippen molar-refractivity contribution in [2.45, 2.75) is 19.3 Å². The molecule has 0 saturated heterocycles.